The van der Waals surface area contributed by atoms with Gasteiger partial charge in [0.1, 0.15) is 5.60 Å². The van der Waals surface area contributed by atoms with Gasteiger partial charge in [-0.15, -0.1) is 0 Å². The van der Waals surface area contributed by atoms with Crippen LogP contribution in [-0.4, -0.2) is 18.6 Å². The maximum atomic E-state index is 5.99. The number of hydrogen-bond donors (Lipinski definition) is 1. The van der Waals surface area contributed by atoms with Gasteiger partial charge in [0.25, 0.3) is 6.41 Å². The quantitative estimate of drug-likeness (QED) is 0.342. The summed E-state index contributed by atoms with van der Waals surface area (Å²) in [6, 6.07) is 23.7. The second-order valence-electron chi connectivity index (χ2n) is 10.0. The van der Waals surface area contributed by atoms with Crippen molar-refractivity contribution in [2.24, 2.45) is 5.92 Å². The number of anilines is 1. The molecule has 1 spiro atoms. The average Bonchev–Trinajstić information content (AvgIpc) is 3.25. The van der Waals surface area contributed by atoms with Gasteiger partial charge >= 0.3 is 0 Å². The van der Waals surface area contributed by atoms with Crippen molar-refractivity contribution >= 4 is 11.3 Å². The van der Waals surface area contributed by atoms with E-state index in [9.17, 15) is 0 Å². The summed E-state index contributed by atoms with van der Waals surface area (Å²) in [7, 11) is 0. The molecule has 0 amide bonds. The van der Waals surface area contributed by atoms with Gasteiger partial charge in [-0.25, -0.2) is 4.89 Å². The lowest BCUT2D eigenvalue weighted by molar-refractivity contribution is -0.468. The Balaban J connectivity index is 1.05. The van der Waals surface area contributed by atoms with Crippen molar-refractivity contribution < 1.29 is 14.5 Å². The minimum atomic E-state index is -0.587. The SMILES string of the molecule is C=C(c1ccc2c(c1)Cc1ccccc1-2)C1CCC2(CC1)COC(Nc1ccc(C)cc1)OO2. The van der Waals surface area contributed by atoms with Crippen LogP contribution in [0.2, 0.25) is 0 Å². The minimum absolute atomic E-state index is 0.359. The Kier molecular flexibility index (Phi) is 5.53. The monoisotopic (exact) mass is 453 g/mol. The van der Waals surface area contributed by atoms with Crippen molar-refractivity contribution in [3.05, 3.63) is 95.6 Å². The maximum Gasteiger partial charge on any atom is 0.268 e. The Labute approximate surface area is 201 Å². The molecule has 1 atom stereocenters. The van der Waals surface area contributed by atoms with Crippen molar-refractivity contribution in [2.45, 2.75) is 51.0 Å². The molecule has 3 aromatic carbocycles. The first-order valence-electron chi connectivity index (χ1n) is 12.3. The molecule has 2 aliphatic carbocycles. The van der Waals surface area contributed by atoms with E-state index < -0.39 is 6.41 Å². The summed E-state index contributed by atoms with van der Waals surface area (Å²) in [5.41, 5.74) is 9.90. The zero-order valence-corrected chi connectivity index (χ0v) is 19.7. The molecule has 1 saturated heterocycles. The third-order valence-corrected chi connectivity index (χ3v) is 7.70. The summed E-state index contributed by atoms with van der Waals surface area (Å²) in [6.45, 7) is 7.11. The Bertz CT molecular complexity index is 1200. The summed E-state index contributed by atoms with van der Waals surface area (Å²) >= 11 is 0. The zero-order valence-electron chi connectivity index (χ0n) is 19.7. The second-order valence-corrected chi connectivity index (χ2v) is 10.0. The molecule has 4 heteroatoms. The van der Waals surface area contributed by atoms with Crippen LogP contribution >= 0.6 is 0 Å². The van der Waals surface area contributed by atoms with Gasteiger partial charge in [-0.05, 0) is 90.5 Å². The molecule has 0 radical (unpaired) electrons. The van der Waals surface area contributed by atoms with Crippen LogP contribution in [0.5, 0.6) is 0 Å². The van der Waals surface area contributed by atoms with Gasteiger partial charge in [0.05, 0.1) is 6.61 Å². The van der Waals surface area contributed by atoms with E-state index in [0.29, 0.717) is 12.5 Å². The molecule has 174 valence electrons. The van der Waals surface area contributed by atoms with Crippen molar-refractivity contribution in [1.29, 1.82) is 0 Å². The number of benzene rings is 3. The molecule has 0 aromatic heterocycles. The lowest BCUT2D eigenvalue weighted by Crippen LogP contribution is -2.49. The second kappa shape index (κ2) is 8.70. The topological polar surface area (TPSA) is 39.7 Å². The molecule has 3 aromatic rings. The molecule has 2 fully saturated rings. The fourth-order valence-corrected chi connectivity index (χ4v) is 5.58. The number of hydrogen-bond acceptors (Lipinski definition) is 4. The summed E-state index contributed by atoms with van der Waals surface area (Å²) < 4.78 is 5.99. The first-order chi connectivity index (χ1) is 16.6. The predicted molar refractivity (Wildman–Crippen MR) is 135 cm³/mol. The highest BCUT2D eigenvalue weighted by molar-refractivity contribution is 5.79. The normalized spacial score (nSPS) is 25.6. The lowest BCUT2D eigenvalue weighted by Gasteiger charge is -2.43. The van der Waals surface area contributed by atoms with Gasteiger partial charge in [-0.2, -0.15) is 4.89 Å². The van der Waals surface area contributed by atoms with Crippen LogP contribution < -0.4 is 5.32 Å². The third-order valence-electron chi connectivity index (χ3n) is 7.70. The molecule has 1 saturated carbocycles. The molecule has 1 aliphatic heterocycles. The largest absolute Gasteiger partial charge is 0.335 e. The van der Waals surface area contributed by atoms with Crippen molar-refractivity contribution in [1.82, 2.24) is 0 Å². The first-order valence-corrected chi connectivity index (χ1v) is 12.3. The van der Waals surface area contributed by atoms with E-state index in [2.05, 4.69) is 73.4 Å². The number of fused-ring (bicyclic) bond motifs is 3. The molecule has 34 heavy (non-hydrogen) atoms. The molecular weight excluding hydrogens is 422 g/mol. The van der Waals surface area contributed by atoms with Crippen LogP contribution in [0.1, 0.15) is 47.9 Å². The van der Waals surface area contributed by atoms with E-state index in [0.717, 1.165) is 37.8 Å². The smallest absolute Gasteiger partial charge is 0.268 e. The van der Waals surface area contributed by atoms with Gasteiger partial charge < -0.3 is 10.1 Å². The van der Waals surface area contributed by atoms with Gasteiger partial charge in [0, 0.05) is 5.69 Å². The van der Waals surface area contributed by atoms with Gasteiger partial charge in [-0.3, -0.25) is 0 Å². The van der Waals surface area contributed by atoms with E-state index in [1.54, 1.807) is 0 Å². The number of rotatable bonds is 4. The van der Waals surface area contributed by atoms with Crippen LogP contribution in [0, 0.1) is 12.8 Å². The van der Waals surface area contributed by atoms with Gasteiger partial charge in [0.2, 0.25) is 0 Å². The highest BCUT2D eigenvalue weighted by atomic mass is 17.2. The van der Waals surface area contributed by atoms with Crippen molar-refractivity contribution in [3.8, 4) is 11.1 Å². The number of nitrogens with one attached hydrogen (secondary N) is 1. The van der Waals surface area contributed by atoms with E-state index in [1.165, 1.54) is 39.0 Å². The number of ether oxygens (including phenoxy) is 1. The van der Waals surface area contributed by atoms with Crippen LogP contribution in [-0.2, 0) is 20.9 Å². The van der Waals surface area contributed by atoms with Gasteiger partial charge in [0.15, 0.2) is 0 Å². The maximum absolute atomic E-state index is 5.99. The van der Waals surface area contributed by atoms with Crippen LogP contribution in [0.4, 0.5) is 5.69 Å². The molecule has 4 nitrogen and oxygen atoms in total. The number of aryl methyl sites for hydroxylation is 1. The molecule has 1 heterocycles. The molecule has 3 aliphatic rings. The Morgan fingerprint density at radius 3 is 2.47 bits per heavy atom. The molecule has 0 bridgehead atoms. The first kappa shape index (κ1) is 21.6. The summed E-state index contributed by atoms with van der Waals surface area (Å²) in [5.74, 6) is 0.458. The van der Waals surface area contributed by atoms with Crippen molar-refractivity contribution in [2.75, 3.05) is 11.9 Å². The Morgan fingerprint density at radius 2 is 1.71 bits per heavy atom. The van der Waals surface area contributed by atoms with E-state index in [1.807, 2.05) is 12.1 Å². The minimum Gasteiger partial charge on any atom is -0.335 e. The summed E-state index contributed by atoms with van der Waals surface area (Å²) in [6.07, 6.45) is 4.30. The lowest BCUT2D eigenvalue weighted by atomic mass is 9.75. The third kappa shape index (κ3) is 4.07. The van der Waals surface area contributed by atoms with E-state index in [-0.39, 0.29) is 5.60 Å². The fourth-order valence-electron chi connectivity index (χ4n) is 5.58. The summed E-state index contributed by atoms with van der Waals surface area (Å²) in [4.78, 5) is 11.5. The van der Waals surface area contributed by atoms with Crippen molar-refractivity contribution in [3.63, 3.8) is 0 Å². The molecular formula is C30H31NO3. The highest BCUT2D eigenvalue weighted by Crippen LogP contribution is 2.44. The summed E-state index contributed by atoms with van der Waals surface area (Å²) in [5, 5.41) is 3.22. The molecule has 1 N–H and O–H groups in total. The average molecular weight is 454 g/mol. The Hall–Kier alpha value is -2.92. The van der Waals surface area contributed by atoms with Gasteiger partial charge in [-0.1, -0.05) is 66.7 Å². The van der Waals surface area contributed by atoms with Crippen LogP contribution in [0.25, 0.3) is 16.7 Å². The number of allylic oxidation sites excluding steroid dienone is 1. The van der Waals surface area contributed by atoms with Crippen LogP contribution in [0.3, 0.4) is 0 Å². The highest BCUT2D eigenvalue weighted by Gasteiger charge is 2.43. The predicted octanol–water partition coefficient (Wildman–Crippen LogP) is 6.88. The zero-order chi connectivity index (χ0) is 23.1. The van der Waals surface area contributed by atoms with E-state index >= 15 is 0 Å². The standard InChI is InChI=1S/C30H31NO3/c1-20-7-10-26(11-8-20)31-29-32-19-30(34-33-29)15-13-22(14-16-30)21(2)23-9-12-28-25(17-23)18-24-5-3-4-6-27(24)28/h3-12,17,22,29,31H,2,13-16,18-19H2,1H3. The Morgan fingerprint density at radius 1 is 0.941 bits per heavy atom. The molecule has 6 rings (SSSR count). The van der Waals surface area contributed by atoms with E-state index in [4.69, 9.17) is 14.5 Å². The molecule has 1 unspecified atom stereocenters. The fraction of sp³-hybridized carbons (Fsp3) is 0.333. The van der Waals surface area contributed by atoms with Crippen LogP contribution in [0.15, 0.2) is 73.3 Å².